The standard InChI is InChI=1S/C24H26FNO5/c1-15(2)26-21-6-4-3-5-20(21)24(16-7-9-17(25)10-8-16)22(26)12-11-18(27)13-19(28)14-23(29)31-30/h3-12,15,18-19,27-28,30H,13-14H2,1-2H3/b12-11+/t18-,19-/m0/s1. The molecule has 0 amide bonds. The van der Waals surface area contributed by atoms with Crippen molar-refractivity contribution in [3.8, 4) is 11.1 Å². The summed E-state index contributed by atoms with van der Waals surface area (Å²) in [7, 11) is 0. The monoisotopic (exact) mass is 427 g/mol. The summed E-state index contributed by atoms with van der Waals surface area (Å²) in [6.07, 6.45) is 0.620. The van der Waals surface area contributed by atoms with Gasteiger partial charge < -0.3 is 19.7 Å². The number of nitrogens with zero attached hydrogens (tertiary/aromatic N) is 1. The highest BCUT2D eigenvalue weighted by molar-refractivity contribution is 6.01. The number of para-hydroxylation sites is 1. The van der Waals surface area contributed by atoms with E-state index in [0.717, 1.165) is 27.7 Å². The lowest BCUT2D eigenvalue weighted by atomic mass is 10.0. The molecule has 0 unspecified atom stereocenters. The Morgan fingerprint density at radius 2 is 1.81 bits per heavy atom. The number of hydrogen-bond donors (Lipinski definition) is 3. The van der Waals surface area contributed by atoms with Gasteiger partial charge in [-0.25, -0.2) is 9.18 Å². The van der Waals surface area contributed by atoms with Crippen LogP contribution in [-0.2, 0) is 9.68 Å². The van der Waals surface area contributed by atoms with E-state index in [-0.39, 0.29) is 18.3 Å². The van der Waals surface area contributed by atoms with Crippen molar-refractivity contribution in [2.24, 2.45) is 0 Å². The second-order valence-electron chi connectivity index (χ2n) is 7.73. The minimum Gasteiger partial charge on any atom is -0.392 e. The van der Waals surface area contributed by atoms with E-state index in [4.69, 9.17) is 5.26 Å². The van der Waals surface area contributed by atoms with Crippen molar-refractivity contribution >= 4 is 22.9 Å². The molecule has 1 aromatic heterocycles. The number of fused-ring (bicyclic) bond motifs is 1. The number of carbonyl (C=O) groups excluding carboxylic acids is 1. The van der Waals surface area contributed by atoms with Crippen molar-refractivity contribution in [3.63, 3.8) is 0 Å². The lowest BCUT2D eigenvalue weighted by Crippen LogP contribution is -2.20. The third-order valence-corrected chi connectivity index (χ3v) is 5.09. The normalized spacial score (nSPS) is 13.8. The molecule has 7 heteroatoms. The Balaban J connectivity index is 2.03. The van der Waals surface area contributed by atoms with Gasteiger partial charge in [-0.1, -0.05) is 36.4 Å². The van der Waals surface area contributed by atoms with Gasteiger partial charge in [0.05, 0.1) is 18.6 Å². The van der Waals surface area contributed by atoms with E-state index in [1.54, 1.807) is 24.3 Å². The molecule has 3 aromatic rings. The van der Waals surface area contributed by atoms with Crippen molar-refractivity contribution in [2.75, 3.05) is 0 Å². The molecule has 164 valence electrons. The van der Waals surface area contributed by atoms with Gasteiger partial charge in [-0.2, -0.15) is 5.26 Å². The fraction of sp³-hybridized carbons (Fsp3) is 0.292. The zero-order valence-electron chi connectivity index (χ0n) is 17.4. The van der Waals surface area contributed by atoms with Gasteiger partial charge in [0.25, 0.3) is 0 Å². The van der Waals surface area contributed by atoms with Crippen LogP contribution >= 0.6 is 0 Å². The minimum absolute atomic E-state index is 0.0978. The van der Waals surface area contributed by atoms with Gasteiger partial charge in [0.1, 0.15) is 5.82 Å². The van der Waals surface area contributed by atoms with Crippen molar-refractivity contribution in [1.29, 1.82) is 0 Å². The fourth-order valence-corrected chi connectivity index (χ4v) is 3.80. The molecule has 0 aliphatic rings. The minimum atomic E-state index is -1.16. The molecule has 0 spiro atoms. The van der Waals surface area contributed by atoms with Gasteiger partial charge in [-0.15, -0.1) is 0 Å². The lowest BCUT2D eigenvalue weighted by Gasteiger charge is -2.15. The smallest absolute Gasteiger partial charge is 0.344 e. The number of benzene rings is 2. The summed E-state index contributed by atoms with van der Waals surface area (Å²) in [5.41, 5.74) is 3.61. The van der Waals surface area contributed by atoms with Crippen molar-refractivity contribution in [2.45, 2.75) is 44.9 Å². The number of aliphatic hydroxyl groups is 2. The van der Waals surface area contributed by atoms with E-state index in [1.165, 1.54) is 12.1 Å². The Hall–Kier alpha value is -3.00. The molecule has 0 aliphatic heterocycles. The highest BCUT2D eigenvalue weighted by atomic mass is 19.1. The number of carbonyl (C=O) groups is 1. The predicted octanol–water partition coefficient (Wildman–Crippen LogP) is 4.56. The third-order valence-electron chi connectivity index (χ3n) is 5.09. The van der Waals surface area contributed by atoms with Crippen molar-refractivity contribution < 1.29 is 29.5 Å². The second kappa shape index (κ2) is 9.87. The Bertz CT molecular complexity index is 1070. The summed E-state index contributed by atoms with van der Waals surface area (Å²) in [6.45, 7) is 4.11. The molecule has 3 rings (SSSR count). The highest BCUT2D eigenvalue weighted by Gasteiger charge is 2.20. The van der Waals surface area contributed by atoms with Gasteiger partial charge in [-0.3, -0.25) is 0 Å². The molecule has 1 heterocycles. The van der Waals surface area contributed by atoms with Gasteiger partial charge >= 0.3 is 5.97 Å². The van der Waals surface area contributed by atoms with Crippen molar-refractivity contribution in [1.82, 2.24) is 4.57 Å². The van der Waals surface area contributed by atoms with E-state index >= 15 is 0 Å². The van der Waals surface area contributed by atoms with Gasteiger partial charge in [0.2, 0.25) is 0 Å². The Labute approximate surface area is 179 Å². The van der Waals surface area contributed by atoms with Gasteiger partial charge in [0, 0.05) is 34.6 Å². The lowest BCUT2D eigenvalue weighted by molar-refractivity contribution is -0.236. The number of rotatable bonds is 8. The first-order valence-corrected chi connectivity index (χ1v) is 10.1. The number of aromatic nitrogens is 1. The number of halogens is 1. The van der Waals surface area contributed by atoms with E-state index in [0.29, 0.717) is 0 Å². The summed E-state index contributed by atoms with van der Waals surface area (Å²) >= 11 is 0. The first-order chi connectivity index (χ1) is 14.8. The van der Waals surface area contributed by atoms with Crippen LogP contribution in [0.1, 0.15) is 38.4 Å². The maximum Gasteiger partial charge on any atom is 0.344 e. The molecular weight excluding hydrogens is 401 g/mol. The fourth-order valence-electron chi connectivity index (χ4n) is 3.80. The second-order valence-corrected chi connectivity index (χ2v) is 7.73. The average molecular weight is 427 g/mol. The summed E-state index contributed by atoms with van der Waals surface area (Å²) in [5.74, 6) is -1.29. The zero-order chi connectivity index (χ0) is 22.5. The van der Waals surface area contributed by atoms with E-state index < -0.39 is 24.6 Å². The van der Waals surface area contributed by atoms with Crippen LogP contribution in [0.4, 0.5) is 4.39 Å². The van der Waals surface area contributed by atoms with Crippen LogP contribution in [0.3, 0.4) is 0 Å². The van der Waals surface area contributed by atoms with Crippen LogP contribution in [0.15, 0.2) is 54.6 Å². The van der Waals surface area contributed by atoms with Crippen LogP contribution in [-0.4, -0.2) is 38.2 Å². The summed E-state index contributed by atoms with van der Waals surface area (Å²) in [6, 6.07) is 14.3. The molecule has 0 radical (unpaired) electrons. The van der Waals surface area contributed by atoms with E-state index in [9.17, 15) is 19.4 Å². The molecule has 3 N–H and O–H groups in total. The van der Waals surface area contributed by atoms with Crippen LogP contribution in [0.5, 0.6) is 0 Å². The van der Waals surface area contributed by atoms with Crippen molar-refractivity contribution in [3.05, 3.63) is 66.1 Å². The number of hydrogen-bond acceptors (Lipinski definition) is 5. The Morgan fingerprint density at radius 1 is 1.13 bits per heavy atom. The molecule has 6 nitrogen and oxygen atoms in total. The molecule has 0 fully saturated rings. The van der Waals surface area contributed by atoms with Gasteiger partial charge in [-0.05, 0) is 43.7 Å². The zero-order valence-corrected chi connectivity index (χ0v) is 17.4. The van der Waals surface area contributed by atoms with E-state index in [1.807, 2.05) is 24.3 Å². The highest BCUT2D eigenvalue weighted by Crippen LogP contribution is 2.38. The summed E-state index contributed by atoms with van der Waals surface area (Å²) in [5, 5.41) is 29.6. The molecule has 2 aromatic carbocycles. The molecule has 0 saturated heterocycles. The maximum absolute atomic E-state index is 13.5. The van der Waals surface area contributed by atoms with Gasteiger partial charge in [0.15, 0.2) is 0 Å². The number of aliphatic hydroxyl groups excluding tert-OH is 2. The first-order valence-electron chi connectivity index (χ1n) is 10.1. The largest absolute Gasteiger partial charge is 0.392 e. The quantitative estimate of drug-likeness (QED) is 0.362. The SMILES string of the molecule is CC(C)n1c(/C=C/[C@H](O)C[C@H](O)CC(=O)OO)c(-c2ccc(F)cc2)c2ccccc21. The predicted molar refractivity (Wildman–Crippen MR) is 117 cm³/mol. The average Bonchev–Trinajstić information content (AvgIpc) is 3.07. The summed E-state index contributed by atoms with van der Waals surface area (Å²) in [4.78, 5) is 14.6. The molecule has 0 saturated carbocycles. The topological polar surface area (TPSA) is 91.9 Å². The van der Waals surface area contributed by atoms with Crippen LogP contribution in [0, 0.1) is 5.82 Å². The Kier molecular flexibility index (Phi) is 7.22. The molecule has 2 atom stereocenters. The molecule has 0 bridgehead atoms. The maximum atomic E-state index is 13.5. The van der Waals surface area contributed by atoms with Crippen LogP contribution in [0.25, 0.3) is 28.1 Å². The molecule has 0 aliphatic carbocycles. The molecular formula is C24H26FNO5. The molecule has 31 heavy (non-hydrogen) atoms. The van der Waals surface area contributed by atoms with Crippen LogP contribution in [0.2, 0.25) is 0 Å². The third kappa shape index (κ3) is 5.19. The Morgan fingerprint density at radius 3 is 2.45 bits per heavy atom. The summed E-state index contributed by atoms with van der Waals surface area (Å²) < 4.78 is 15.7. The van der Waals surface area contributed by atoms with E-state index in [2.05, 4.69) is 23.3 Å². The first kappa shape index (κ1) is 22.7. The van der Waals surface area contributed by atoms with Crippen LogP contribution < -0.4 is 0 Å².